The van der Waals surface area contributed by atoms with Crippen molar-refractivity contribution in [2.45, 2.75) is 32.7 Å². The van der Waals surface area contributed by atoms with Crippen LogP contribution in [0.2, 0.25) is 0 Å². The van der Waals surface area contributed by atoms with Crippen molar-refractivity contribution in [1.82, 2.24) is 9.97 Å². The number of rotatable bonds is 3. The monoisotopic (exact) mass is 165 g/mol. The summed E-state index contributed by atoms with van der Waals surface area (Å²) in [7, 11) is 0. The maximum Gasteiger partial charge on any atom is 0.0754 e. The van der Waals surface area contributed by atoms with Gasteiger partial charge in [-0.15, -0.1) is 0 Å². The molecule has 1 atom stereocenters. The van der Waals surface area contributed by atoms with E-state index in [1.165, 1.54) is 0 Å². The van der Waals surface area contributed by atoms with E-state index >= 15 is 0 Å². The molecule has 0 aliphatic carbocycles. The van der Waals surface area contributed by atoms with Crippen LogP contribution in [0, 0.1) is 6.92 Å². The molecule has 0 spiro atoms. The Morgan fingerprint density at radius 3 is 2.67 bits per heavy atom. The Hall–Kier alpha value is -0.960. The Balaban J connectivity index is 2.68. The van der Waals surface area contributed by atoms with Crippen molar-refractivity contribution in [1.29, 1.82) is 0 Å². The second-order valence-electron chi connectivity index (χ2n) is 2.98. The van der Waals surface area contributed by atoms with Crippen LogP contribution in [-0.2, 0) is 0 Å². The third kappa shape index (κ3) is 2.27. The fourth-order valence-electron chi connectivity index (χ4n) is 1.05. The average molecular weight is 165 g/mol. The Labute approximate surface area is 73.0 Å². The summed E-state index contributed by atoms with van der Waals surface area (Å²) >= 11 is 0. The summed E-state index contributed by atoms with van der Waals surface area (Å²) < 4.78 is 0. The smallest absolute Gasteiger partial charge is 0.0754 e. The molecule has 3 heteroatoms. The number of nitrogens with zero attached hydrogens (tertiary/aromatic N) is 2. The fraction of sp³-hybridized carbons (Fsp3) is 0.556. The first-order valence-electron chi connectivity index (χ1n) is 4.28. The third-order valence-electron chi connectivity index (χ3n) is 1.78. The van der Waals surface area contributed by atoms with E-state index in [1.807, 2.05) is 6.92 Å². The highest BCUT2D eigenvalue weighted by molar-refractivity contribution is 5.04. The molecule has 2 N–H and O–H groups in total. The Morgan fingerprint density at radius 1 is 1.42 bits per heavy atom. The van der Waals surface area contributed by atoms with E-state index in [1.54, 1.807) is 12.4 Å². The van der Waals surface area contributed by atoms with Gasteiger partial charge in [0.15, 0.2) is 0 Å². The van der Waals surface area contributed by atoms with Crippen molar-refractivity contribution < 1.29 is 0 Å². The van der Waals surface area contributed by atoms with Crippen molar-refractivity contribution in [2.75, 3.05) is 0 Å². The van der Waals surface area contributed by atoms with Crippen molar-refractivity contribution in [2.24, 2.45) is 5.73 Å². The van der Waals surface area contributed by atoms with Gasteiger partial charge in [0.05, 0.1) is 17.6 Å². The van der Waals surface area contributed by atoms with E-state index in [0.717, 1.165) is 24.2 Å². The standard InChI is InChI=1S/C9H15N3/c1-3-4-8(10)9-6-11-7(2)5-12-9/h5-6,8H,3-4,10H2,1-2H3. The molecule has 0 saturated heterocycles. The van der Waals surface area contributed by atoms with Gasteiger partial charge in [-0.25, -0.2) is 0 Å². The van der Waals surface area contributed by atoms with E-state index < -0.39 is 0 Å². The van der Waals surface area contributed by atoms with Crippen LogP contribution in [0.25, 0.3) is 0 Å². The molecule has 1 aromatic rings. The molecule has 0 fully saturated rings. The maximum absolute atomic E-state index is 5.85. The Kier molecular flexibility index (Phi) is 3.17. The van der Waals surface area contributed by atoms with Crippen LogP contribution < -0.4 is 5.73 Å². The molecule has 0 bridgehead atoms. The number of hydrogen-bond donors (Lipinski definition) is 1. The van der Waals surface area contributed by atoms with E-state index in [4.69, 9.17) is 5.73 Å². The number of aromatic nitrogens is 2. The molecule has 0 radical (unpaired) electrons. The van der Waals surface area contributed by atoms with Gasteiger partial charge in [0, 0.05) is 12.2 Å². The third-order valence-corrected chi connectivity index (χ3v) is 1.78. The minimum Gasteiger partial charge on any atom is -0.323 e. The first kappa shape index (κ1) is 9.13. The van der Waals surface area contributed by atoms with Gasteiger partial charge in [-0.05, 0) is 13.3 Å². The van der Waals surface area contributed by atoms with Gasteiger partial charge in [-0.1, -0.05) is 13.3 Å². The zero-order chi connectivity index (χ0) is 8.97. The highest BCUT2D eigenvalue weighted by Crippen LogP contribution is 2.11. The van der Waals surface area contributed by atoms with Crippen molar-refractivity contribution in [3.63, 3.8) is 0 Å². The SMILES string of the molecule is CCCC(N)c1cnc(C)cn1. The van der Waals surface area contributed by atoms with Crippen LogP contribution in [0.3, 0.4) is 0 Å². The van der Waals surface area contributed by atoms with Gasteiger partial charge in [-0.2, -0.15) is 0 Å². The summed E-state index contributed by atoms with van der Waals surface area (Å²) in [5.74, 6) is 0. The molecule has 0 amide bonds. The molecule has 0 aliphatic rings. The highest BCUT2D eigenvalue weighted by Gasteiger charge is 2.05. The average Bonchev–Trinajstić information content (AvgIpc) is 2.06. The minimum absolute atomic E-state index is 0.0445. The molecule has 1 unspecified atom stereocenters. The molecule has 3 nitrogen and oxygen atoms in total. The molecule has 1 heterocycles. The fourth-order valence-corrected chi connectivity index (χ4v) is 1.05. The minimum atomic E-state index is 0.0445. The second-order valence-corrected chi connectivity index (χ2v) is 2.98. The van der Waals surface area contributed by atoms with Crippen LogP contribution in [0.4, 0.5) is 0 Å². The second kappa shape index (κ2) is 4.16. The van der Waals surface area contributed by atoms with Gasteiger partial charge in [0.2, 0.25) is 0 Å². The first-order valence-corrected chi connectivity index (χ1v) is 4.28. The number of aryl methyl sites for hydroxylation is 1. The van der Waals surface area contributed by atoms with E-state index in [9.17, 15) is 0 Å². The zero-order valence-electron chi connectivity index (χ0n) is 7.62. The van der Waals surface area contributed by atoms with Crippen molar-refractivity contribution >= 4 is 0 Å². The molecule has 0 aromatic carbocycles. The Bertz CT molecular complexity index is 230. The van der Waals surface area contributed by atoms with E-state index in [0.29, 0.717) is 0 Å². The lowest BCUT2D eigenvalue weighted by atomic mass is 10.1. The normalized spacial score (nSPS) is 12.9. The van der Waals surface area contributed by atoms with Gasteiger partial charge in [0.25, 0.3) is 0 Å². The summed E-state index contributed by atoms with van der Waals surface area (Å²) in [6.07, 6.45) is 5.56. The van der Waals surface area contributed by atoms with Gasteiger partial charge >= 0.3 is 0 Å². The molecule has 1 rings (SSSR count). The van der Waals surface area contributed by atoms with Crippen molar-refractivity contribution in [3.8, 4) is 0 Å². The van der Waals surface area contributed by atoms with Crippen LogP contribution in [0.5, 0.6) is 0 Å². The largest absolute Gasteiger partial charge is 0.323 e. The summed E-state index contributed by atoms with van der Waals surface area (Å²) in [5, 5.41) is 0. The summed E-state index contributed by atoms with van der Waals surface area (Å²) in [6.45, 7) is 4.03. The van der Waals surface area contributed by atoms with Gasteiger partial charge in [0.1, 0.15) is 0 Å². The highest BCUT2D eigenvalue weighted by atomic mass is 14.8. The predicted octanol–water partition coefficient (Wildman–Crippen LogP) is 1.58. The molecule has 1 aromatic heterocycles. The van der Waals surface area contributed by atoms with Crippen LogP contribution in [0.15, 0.2) is 12.4 Å². The van der Waals surface area contributed by atoms with Gasteiger partial charge in [-0.3, -0.25) is 9.97 Å². The summed E-state index contributed by atoms with van der Waals surface area (Å²) in [6, 6.07) is 0.0445. The lowest BCUT2D eigenvalue weighted by Crippen LogP contribution is -2.11. The van der Waals surface area contributed by atoms with Crippen LogP contribution in [0.1, 0.15) is 37.2 Å². The first-order chi connectivity index (χ1) is 5.74. The van der Waals surface area contributed by atoms with E-state index in [2.05, 4.69) is 16.9 Å². The van der Waals surface area contributed by atoms with E-state index in [-0.39, 0.29) is 6.04 Å². The van der Waals surface area contributed by atoms with Crippen LogP contribution in [-0.4, -0.2) is 9.97 Å². The topological polar surface area (TPSA) is 51.8 Å². The molecule has 0 saturated carbocycles. The molecule has 12 heavy (non-hydrogen) atoms. The lowest BCUT2D eigenvalue weighted by Gasteiger charge is -2.08. The summed E-state index contributed by atoms with van der Waals surface area (Å²) in [5.41, 5.74) is 7.68. The lowest BCUT2D eigenvalue weighted by molar-refractivity contribution is 0.618. The quantitative estimate of drug-likeness (QED) is 0.739. The van der Waals surface area contributed by atoms with Crippen LogP contribution >= 0.6 is 0 Å². The van der Waals surface area contributed by atoms with Crippen molar-refractivity contribution in [3.05, 3.63) is 23.8 Å². The molecule has 0 aliphatic heterocycles. The zero-order valence-corrected chi connectivity index (χ0v) is 7.62. The van der Waals surface area contributed by atoms with Gasteiger partial charge < -0.3 is 5.73 Å². The molecular formula is C9H15N3. The predicted molar refractivity (Wildman–Crippen MR) is 48.6 cm³/mol. The Morgan fingerprint density at radius 2 is 2.17 bits per heavy atom. The molecular weight excluding hydrogens is 150 g/mol. The number of nitrogens with two attached hydrogens (primary N) is 1. The summed E-state index contributed by atoms with van der Waals surface area (Å²) in [4.78, 5) is 8.35. The number of hydrogen-bond acceptors (Lipinski definition) is 3. The molecule has 66 valence electrons. The maximum atomic E-state index is 5.85.